The van der Waals surface area contributed by atoms with E-state index in [1.54, 1.807) is 32.7 Å². The summed E-state index contributed by atoms with van der Waals surface area (Å²) in [6, 6.07) is 1.72. The van der Waals surface area contributed by atoms with E-state index in [1.807, 2.05) is 0 Å². The third-order valence-electron chi connectivity index (χ3n) is 3.30. The fourth-order valence-electron chi connectivity index (χ4n) is 2.11. The topological polar surface area (TPSA) is 73.3 Å². The number of methoxy groups -OCH3 is 2. The minimum Gasteiger partial charge on any atom is -0.494 e. The fourth-order valence-corrected chi connectivity index (χ4v) is 2.11. The molecule has 0 radical (unpaired) electrons. The first kappa shape index (κ1) is 12.7. The number of ether oxygens (including phenoxy) is 2. The van der Waals surface area contributed by atoms with E-state index >= 15 is 0 Å². The van der Waals surface area contributed by atoms with Crippen LogP contribution in [0.4, 0.5) is 5.69 Å². The Morgan fingerprint density at radius 3 is 2.50 bits per heavy atom. The molecule has 1 aliphatic rings. The number of carbonyl (C=O) groups excluding carboxylic acids is 1. The Balaban J connectivity index is 2.11. The molecule has 1 N–H and O–H groups in total. The van der Waals surface area contributed by atoms with Crippen molar-refractivity contribution in [1.29, 1.82) is 0 Å². The Hall–Kier alpha value is -2.37. The molecule has 0 aliphatic heterocycles. The summed E-state index contributed by atoms with van der Waals surface area (Å²) < 4.78 is 10.7. The molecule has 1 aromatic heterocycles. The molecular weight excluding hydrogens is 258 g/mol. The van der Waals surface area contributed by atoms with Crippen molar-refractivity contribution in [3.8, 4) is 11.5 Å². The van der Waals surface area contributed by atoms with E-state index in [4.69, 9.17) is 9.47 Å². The molecule has 0 saturated heterocycles. The maximum Gasteiger partial charge on any atom is 0.227 e. The molecule has 3 rings (SSSR count). The van der Waals surface area contributed by atoms with E-state index in [0.29, 0.717) is 28.2 Å². The van der Waals surface area contributed by atoms with Gasteiger partial charge in [0.25, 0.3) is 0 Å². The predicted octanol–water partition coefficient (Wildman–Crippen LogP) is 2.00. The molecule has 6 heteroatoms. The Morgan fingerprint density at radius 1 is 1.20 bits per heavy atom. The lowest BCUT2D eigenvalue weighted by Crippen LogP contribution is -2.14. The first-order valence-corrected chi connectivity index (χ1v) is 6.41. The third-order valence-corrected chi connectivity index (χ3v) is 3.30. The number of rotatable bonds is 4. The number of nitrogens with one attached hydrogen (secondary N) is 1. The van der Waals surface area contributed by atoms with Crippen molar-refractivity contribution in [1.82, 2.24) is 9.97 Å². The van der Waals surface area contributed by atoms with Gasteiger partial charge >= 0.3 is 0 Å². The lowest BCUT2D eigenvalue weighted by Gasteiger charge is -2.14. The van der Waals surface area contributed by atoms with E-state index in [1.165, 1.54) is 0 Å². The second-order valence-corrected chi connectivity index (χ2v) is 4.68. The molecule has 0 spiro atoms. The van der Waals surface area contributed by atoms with Gasteiger partial charge in [-0.3, -0.25) is 4.79 Å². The highest BCUT2D eigenvalue weighted by atomic mass is 16.5. The smallest absolute Gasteiger partial charge is 0.227 e. The molecular formula is C14H15N3O3. The molecule has 0 unspecified atom stereocenters. The summed E-state index contributed by atoms with van der Waals surface area (Å²) in [6.45, 7) is 0. The summed E-state index contributed by atoms with van der Waals surface area (Å²) in [4.78, 5) is 20.5. The Bertz CT molecular complexity index is 668. The first-order chi connectivity index (χ1) is 9.74. The maximum atomic E-state index is 11.9. The quantitative estimate of drug-likeness (QED) is 0.922. The van der Waals surface area contributed by atoms with Crippen LogP contribution >= 0.6 is 0 Å². The van der Waals surface area contributed by atoms with Crippen molar-refractivity contribution in [2.75, 3.05) is 19.5 Å². The third kappa shape index (κ3) is 2.13. The number of aromatic nitrogens is 2. The summed E-state index contributed by atoms with van der Waals surface area (Å²) in [6.07, 6.45) is 5.06. The molecule has 6 nitrogen and oxygen atoms in total. The van der Waals surface area contributed by atoms with Gasteiger partial charge in [0.1, 0.15) is 16.8 Å². The summed E-state index contributed by atoms with van der Waals surface area (Å²) in [7, 11) is 3.10. The average Bonchev–Trinajstić information content (AvgIpc) is 3.31. The van der Waals surface area contributed by atoms with Gasteiger partial charge in [-0.2, -0.15) is 0 Å². The number of hydrogen-bond donors (Lipinski definition) is 1. The number of carbonyl (C=O) groups is 1. The number of hydrogen-bond acceptors (Lipinski definition) is 5. The lowest BCUT2D eigenvalue weighted by atomic mass is 10.2. The van der Waals surface area contributed by atoms with Gasteiger partial charge in [0.15, 0.2) is 5.75 Å². The van der Waals surface area contributed by atoms with Crippen LogP contribution in [0.15, 0.2) is 18.5 Å². The molecule has 1 amide bonds. The number of nitrogens with zero attached hydrogens (tertiary/aromatic N) is 2. The molecule has 0 atom stereocenters. The molecule has 1 saturated carbocycles. The van der Waals surface area contributed by atoms with Crippen LogP contribution in [-0.2, 0) is 4.79 Å². The van der Waals surface area contributed by atoms with Crippen LogP contribution in [0.5, 0.6) is 11.5 Å². The van der Waals surface area contributed by atoms with Crippen molar-refractivity contribution < 1.29 is 14.3 Å². The number of amides is 1. The van der Waals surface area contributed by atoms with Crippen LogP contribution in [0.3, 0.4) is 0 Å². The van der Waals surface area contributed by atoms with Crippen molar-refractivity contribution in [2.24, 2.45) is 5.92 Å². The fraction of sp³-hybridized carbons (Fsp3) is 0.357. The monoisotopic (exact) mass is 273 g/mol. The standard InChI is InChI=1S/C14H15N3O3/c1-19-10-7-9(17-14(18)8-3-4-8)13(20-2)12-11(10)15-5-6-16-12/h5-8H,3-4H2,1-2H3,(H,17,18). The van der Waals surface area contributed by atoms with Crippen LogP contribution in [0.25, 0.3) is 11.0 Å². The molecule has 1 heterocycles. The summed E-state index contributed by atoms with van der Waals surface area (Å²) >= 11 is 0. The Morgan fingerprint density at radius 2 is 1.90 bits per heavy atom. The van der Waals surface area contributed by atoms with Gasteiger partial charge < -0.3 is 14.8 Å². The largest absolute Gasteiger partial charge is 0.494 e. The second-order valence-electron chi connectivity index (χ2n) is 4.68. The van der Waals surface area contributed by atoms with Gasteiger partial charge in [0, 0.05) is 24.4 Å². The van der Waals surface area contributed by atoms with Crippen molar-refractivity contribution >= 4 is 22.6 Å². The van der Waals surface area contributed by atoms with Crippen LogP contribution < -0.4 is 14.8 Å². The van der Waals surface area contributed by atoms with Gasteiger partial charge in [-0.25, -0.2) is 9.97 Å². The van der Waals surface area contributed by atoms with Gasteiger partial charge in [0.2, 0.25) is 5.91 Å². The van der Waals surface area contributed by atoms with Crippen LogP contribution in [0.2, 0.25) is 0 Å². The summed E-state index contributed by atoms with van der Waals surface area (Å²) in [5.74, 6) is 1.18. The highest BCUT2D eigenvalue weighted by molar-refractivity contribution is 6.00. The summed E-state index contributed by atoms with van der Waals surface area (Å²) in [5.41, 5.74) is 1.74. The van der Waals surface area contributed by atoms with Crippen LogP contribution in [-0.4, -0.2) is 30.1 Å². The minimum absolute atomic E-state index is 0.00796. The molecule has 20 heavy (non-hydrogen) atoms. The minimum atomic E-state index is 0.00796. The zero-order valence-electron chi connectivity index (χ0n) is 11.3. The van der Waals surface area contributed by atoms with Gasteiger partial charge in [-0.15, -0.1) is 0 Å². The van der Waals surface area contributed by atoms with Crippen molar-refractivity contribution in [3.05, 3.63) is 18.5 Å². The van der Waals surface area contributed by atoms with Gasteiger partial charge in [0.05, 0.1) is 19.9 Å². The predicted molar refractivity (Wildman–Crippen MR) is 74.0 cm³/mol. The second kappa shape index (κ2) is 4.96. The molecule has 1 aliphatic carbocycles. The van der Waals surface area contributed by atoms with E-state index in [2.05, 4.69) is 15.3 Å². The number of benzene rings is 1. The Labute approximate surface area is 116 Å². The molecule has 1 fully saturated rings. The maximum absolute atomic E-state index is 11.9. The highest BCUT2D eigenvalue weighted by Crippen LogP contribution is 2.39. The molecule has 2 aromatic rings. The highest BCUT2D eigenvalue weighted by Gasteiger charge is 2.30. The van der Waals surface area contributed by atoms with E-state index in [9.17, 15) is 4.79 Å². The normalized spacial score (nSPS) is 14.1. The first-order valence-electron chi connectivity index (χ1n) is 6.41. The van der Waals surface area contributed by atoms with Gasteiger partial charge in [-0.05, 0) is 12.8 Å². The number of fused-ring (bicyclic) bond motifs is 1. The van der Waals surface area contributed by atoms with Crippen LogP contribution in [0.1, 0.15) is 12.8 Å². The van der Waals surface area contributed by atoms with Crippen molar-refractivity contribution in [3.63, 3.8) is 0 Å². The zero-order valence-corrected chi connectivity index (χ0v) is 11.3. The van der Waals surface area contributed by atoms with E-state index in [-0.39, 0.29) is 11.8 Å². The molecule has 104 valence electrons. The molecule has 0 bridgehead atoms. The van der Waals surface area contributed by atoms with Crippen LogP contribution in [0, 0.1) is 5.92 Å². The molecule has 1 aromatic carbocycles. The van der Waals surface area contributed by atoms with E-state index in [0.717, 1.165) is 12.8 Å². The van der Waals surface area contributed by atoms with Crippen molar-refractivity contribution in [2.45, 2.75) is 12.8 Å². The number of anilines is 1. The lowest BCUT2D eigenvalue weighted by molar-refractivity contribution is -0.117. The zero-order chi connectivity index (χ0) is 14.1. The summed E-state index contributed by atoms with van der Waals surface area (Å²) in [5, 5.41) is 2.88. The Kier molecular flexibility index (Phi) is 3.14. The van der Waals surface area contributed by atoms with E-state index < -0.39 is 0 Å². The average molecular weight is 273 g/mol. The SMILES string of the molecule is COc1cc(NC(=O)C2CC2)c(OC)c2nccnc12. The van der Waals surface area contributed by atoms with Gasteiger partial charge in [-0.1, -0.05) is 0 Å².